The van der Waals surface area contributed by atoms with Gasteiger partial charge in [-0.05, 0) is 23.4 Å². The molecule has 2 heterocycles. The number of nitrogens with one attached hydrogen (secondary N) is 1. The number of aromatic nitrogens is 1. The Hall–Kier alpha value is -2.46. The molecule has 0 saturated carbocycles. The van der Waals surface area contributed by atoms with Crippen LogP contribution in [0.5, 0.6) is 0 Å². The molecule has 1 atom stereocenters. The first-order valence-electron chi connectivity index (χ1n) is 6.38. The summed E-state index contributed by atoms with van der Waals surface area (Å²) in [5, 5.41) is 25.0. The van der Waals surface area contributed by atoms with E-state index in [-0.39, 0.29) is 17.4 Å². The topological polar surface area (TPSA) is 91.9 Å². The normalized spacial score (nSPS) is 11.9. The molecular formula is C14H14N4O2S. The second-order valence-electron chi connectivity index (χ2n) is 4.81. The highest BCUT2D eigenvalue weighted by atomic mass is 32.1. The lowest BCUT2D eigenvalue weighted by Crippen LogP contribution is -2.16. The molecule has 108 valence electrons. The fraction of sp³-hybridized carbons (Fsp3) is 0.286. The van der Waals surface area contributed by atoms with Crippen LogP contribution in [0.25, 0.3) is 0 Å². The van der Waals surface area contributed by atoms with Crippen molar-refractivity contribution < 1.29 is 4.92 Å². The standard InChI is InChI=1S/C14H14N4O2S/c1-9(2)14(12-4-3-7-21-12)17-13-6-5-11(18(19)20)10(8-15)16-13/h3-7,9,14H,1-2H3,(H,16,17). The summed E-state index contributed by atoms with van der Waals surface area (Å²) in [6.07, 6.45) is 0. The number of rotatable bonds is 5. The summed E-state index contributed by atoms with van der Waals surface area (Å²) in [5.74, 6) is 0.774. The number of pyridine rings is 1. The van der Waals surface area contributed by atoms with Gasteiger partial charge in [-0.1, -0.05) is 19.9 Å². The van der Waals surface area contributed by atoms with Crippen molar-refractivity contribution in [2.24, 2.45) is 5.92 Å². The Morgan fingerprint density at radius 3 is 2.71 bits per heavy atom. The van der Waals surface area contributed by atoms with Crippen LogP contribution in [0.1, 0.15) is 30.5 Å². The first kappa shape index (κ1) is 14.9. The number of nitro groups is 1. The second kappa shape index (κ2) is 6.33. The minimum atomic E-state index is -0.603. The highest BCUT2D eigenvalue weighted by Gasteiger charge is 2.20. The van der Waals surface area contributed by atoms with E-state index in [0.717, 1.165) is 4.88 Å². The van der Waals surface area contributed by atoms with Gasteiger partial charge in [0.2, 0.25) is 5.69 Å². The van der Waals surface area contributed by atoms with Crippen molar-refractivity contribution in [2.45, 2.75) is 19.9 Å². The summed E-state index contributed by atoms with van der Waals surface area (Å²) in [5.41, 5.74) is -0.459. The molecule has 7 heteroatoms. The number of anilines is 1. The molecule has 0 aromatic carbocycles. The predicted octanol–water partition coefficient (Wildman–Crippen LogP) is 3.73. The number of hydrogen-bond donors (Lipinski definition) is 1. The van der Waals surface area contributed by atoms with Gasteiger partial charge < -0.3 is 5.32 Å². The van der Waals surface area contributed by atoms with Crippen molar-refractivity contribution in [1.82, 2.24) is 4.98 Å². The summed E-state index contributed by atoms with van der Waals surface area (Å²) in [6, 6.07) is 8.65. The van der Waals surface area contributed by atoms with Gasteiger partial charge in [-0.25, -0.2) is 4.98 Å². The van der Waals surface area contributed by atoms with Crippen LogP contribution in [-0.2, 0) is 0 Å². The molecule has 0 aliphatic carbocycles. The maximum absolute atomic E-state index is 10.8. The van der Waals surface area contributed by atoms with Crippen molar-refractivity contribution in [3.8, 4) is 6.07 Å². The summed E-state index contributed by atoms with van der Waals surface area (Å²) in [6.45, 7) is 4.15. The van der Waals surface area contributed by atoms with Crippen molar-refractivity contribution in [1.29, 1.82) is 5.26 Å². The monoisotopic (exact) mass is 302 g/mol. The van der Waals surface area contributed by atoms with Crippen LogP contribution < -0.4 is 5.32 Å². The number of thiophene rings is 1. The van der Waals surface area contributed by atoms with E-state index < -0.39 is 4.92 Å². The van der Waals surface area contributed by atoms with Gasteiger partial charge >= 0.3 is 5.69 Å². The van der Waals surface area contributed by atoms with Gasteiger partial charge in [0.05, 0.1) is 11.0 Å². The van der Waals surface area contributed by atoms with E-state index in [0.29, 0.717) is 11.7 Å². The molecule has 6 nitrogen and oxygen atoms in total. The van der Waals surface area contributed by atoms with Gasteiger partial charge in [0, 0.05) is 10.9 Å². The molecule has 21 heavy (non-hydrogen) atoms. The van der Waals surface area contributed by atoms with E-state index in [4.69, 9.17) is 5.26 Å². The van der Waals surface area contributed by atoms with Crippen molar-refractivity contribution >= 4 is 22.8 Å². The fourth-order valence-corrected chi connectivity index (χ4v) is 2.90. The maximum Gasteiger partial charge on any atom is 0.305 e. The van der Waals surface area contributed by atoms with Gasteiger partial charge in [-0.3, -0.25) is 10.1 Å². The van der Waals surface area contributed by atoms with Crippen molar-refractivity contribution in [3.05, 3.63) is 50.3 Å². The van der Waals surface area contributed by atoms with Gasteiger partial charge in [-0.2, -0.15) is 5.26 Å². The zero-order valence-electron chi connectivity index (χ0n) is 11.6. The smallest absolute Gasteiger partial charge is 0.305 e. The van der Waals surface area contributed by atoms with E-state index in [1.54, 1.807) is 17.4 Å². The van der Waals surface area contributed by atoms with Crippen LogP contribution >= 0.6 is 11.3 Å². The molecular weight excluding hydrogens is 288 g/mol. The lowest BCUT2D eigenvalue weighted by Gasteiger charge is -2.21. The molecule has 0 aliphatic heterocycles. The first-order chi connectivity index (χ1) is 10.0. The Labute approximate surface area is 126 Å². The van der Waals surface area contributed by atoms with Crippen molar-refractivity contribution in [2.75, 3.05) is 5.32 Å². The molecule has 0 saturated heterocycles. The van der Waals surface area contributed by atoms with E-state index in [9.17, 15) is 10.1 Å². The zero-order valence-corrected chi connectivity index (χ0v) is 12.4. The number of nitriles is 1. The summed E-state index contributed by atoms with van der Waals surface area (Å²) in [7, 11) is 0. The SMILES string of the molecule is CC(C)C(Nc1ccc([N+](=O)[O-])c(C#N)n1)c1cccs1. The van der Waals surface area contributed by atoms with E-state index >= 15 is 0 Å². The highest BCUT2D eigenvalue weighted by Crippen LogP contribution is 2.30. The molecule has 0 radical (unpaired) electrons. The largest absolute Gasteiger partial charge is 0.362 e. The average Bonchev–Trinajstić information content (AvgIpc) is 2.97. The fourth-order valence-electron chi connectivity index (χ4n) is 1.96. The van der Waals surface area contributed by atoms with Crippen LogP contribution in [0.15, 0.2) is 29.6 Å². The molecule has 0 bridgehead atoms. The molecule has 0 amide bonds. The Kier molecular flexibility index (Phi) is 4.50. The molecule has 0 fully saturated rings. The Bertz CT molecular complexity index is 677. The zero-order chi connectivity index (χ0) is 15.4. The summed E-state index contributed by atoms with van der Waals surface area (Å²) in [4.78, 5) is 15.4. The third kappa shape index (κ3) is 3.35. The van der Waals surface area contributed by atoms with Crippen LogP contribution in [0.3, 0.4) is 0 Å². The molecule has 2 aromatic rings. The Balaban J connectivity index is 2.30. The third-order valence-corrected chi connectivity index (χ3v) is 3.95. The summed E-state index contributed by atoms with van der Waals surface area (Å²) < 4.78 is 0. The van der Waals surface area contributed by atoms with Gasteiger partial charge in [0.25, 0.3) is 0 Å². The van der Waals surface area contributed by atoms with Gasteiger partial charge in [-0.15, -0.1) is 11.3 Å². The summed E-state index contributed by atoms with van der Waals surface area (Å²) >= 11 is 1.63. The molecule has 1 N–H and O–H groups in total. The lowest BCUT2D eigenvalue weighted by molar-refractivity contribution is -0.385. The quantitative estimate of drug-likeness (QED) is 0.671. The van der Waals surface area contributed by atoms with Crippen LogP contribution in [0.2, 0.25) is 0 Å². The molecule has 2 aromatic heterocycles. The maximum atomic E-state index is 10.8. The first-order valence-corrected chi connectivity index (χ1v) is 7.26. The van der Waals surface area contributed by atoms with Gasteiger partial charge in [0.15, 0.2) is 0 Å². The van der Waals surface area contributed by atoms with Crippen LogP contribution in [-0.4, -0.2) is 9.91 Å². The average molecular weight is 302 g/mol. The van der Waals surface area contributed by atoms with Crippen molar-refractivity contribution in [3.63, 3.8) is 0 Å². The highest BCUT2D eigenvalue weighted by molar-refractivity contribution is 7.10. The van der Waals surface area contributed by atoms with Crippen LogP contribution in [0.4, 0.5) is 11.5 Å². The Morgan fingerprint density at radius 1 is 1.43 bits per heavy atom. The third-order valence-electron chi connectivity index (χ3n) is 3.00. The van der Waals surface area contributed by atoms with Gasteiger partial charge in [0.1, 0.15) is 11.9 Å². The second-order valence-corrected chi connectivity index (χ2v) is 5.79. The number of hydrogen-bond acceptors (Lipinski definition) is 6. The molecule has 1 unspecified atom stereocenters. The molecule has 0 spiro atoms. The molecule has 2 rings (SSSR count). The van der Waals surface area contributed by atoms with E-state index in [2.05, 4.69) is 24.1 Å². The Morgan fingerprint density at radius 2 is 2.19 bits per heavy atom. The predicted molar refractivity (Wildman–Crippen MR) is 81.1 cm³/mol. The minimum Gasteiger partial charge on any atom is -0.362 e. The minimum absolute atomic E-state index is 0.0468. The lowest BCUT2D eigenvalue weighted by atomic mass is 10.0. The molecule has 0 aliphatic rings. The van der Waals surface area contributed by atoms with E-state index in [1.807, 2.05) is 17.5 Å². The number of nitrogens with zero attached hydrogens (tertiary/aromatic N) is 3. The van der Waals surface area contributed by atoms with Crippen LogP contribution in [0, 0.1) is 27.4 Å². The van der Waals surface area contributed by atoms with E-state index in [1.165, 1.54) is 12.1 Å².